The Kier molecular flexibility index (Phi) is 4.44. The van der Waals surface area contributed by atoms with Crippen molar-refractivity contribution in [1.29, 1.82) is 0 Å². The number of halogens is 1. The van der Waals surface area contributed by atoms with Crippen molar-refractivity contribution in [2.45, 2.75) is 13.2 Å². The molecule has 0 radical (unpaired) electrons. The van der Waals surface area contributed by atoms with Crippen LogP contribution < -0.4 is 0 Å². The van der Waals surface area contributed by atoms with Gasteiger partial charge in [0.2, 0.25) is 0 Å². The van der Waals surface area contributed by atoms with Crippen molar-refractivity contribution in [3.8, 4) is 0 Å². The van der Waals surface area contributed by atoms with Crippen molar-refractivity contribution in [2.75, 3.05) is 7.05 Å². The summed E-state index contributed by atoms with van der Waals surface area (Å²) in [6, 6.07) is 9.95. The second-order valence-electron chi connectivity index (χ2n) is 4.83. The van der Waals surface area contributed by atoms with Crippen molar-refractivity contribution in [3.63, 3.8) is 0 Å². The van der Waals surface area contributed by atoms with Gasteiger partial charge in [0, 0.05) is 11.9 Å². The van der Waals surface area contributed by atoms with Crippen molar-refractivity contribution < 1.29 is 0 Å². The summed E-state index contributed by atoms with van der Waals surface area (Å²) in [5, 5.41) is 11.5. The Balaban J connectivity index is 1.81. The van der Waals surface area contributed by atoms with E-state index < -0.39 is 0 Å². The Labute approximate surface area is 140 Å². The van der Waals surface area contributed by atoms with E-state index in [1.54, 1.807) is 16.0 Å². The van der Waals surface area contributed by atoms with Gasteiger partial charge >= 0.3 is 0 Å². The predicted octanol–water partition coefficient (Wildman–Crippen LogP) is 4.07. The van der Waals surface area contributed by atoms with E-state index in [0.717, 1.165) is 25.9 Å². The Morgan fingerprint density at radius 2 is 2.19 bits per heavy atom. The molecule has 0 spiro atoms. The molecule has 0 aliphatic rings. The number of fused-ring (bicyclic) bond motifs is 1. The standard InChI is InChI=1S/C14H13BrN4S2/c1-18(7-10-6-13(15)21-8-10)9-19-14(20)11-4-2-3-5-12(11)16-17-19/h2-6,8H,7,9H2,1H3. The van der Waals surface area contributed by atoms with Crippen LogP contribution in [-0.4, -0.2) is 26.9 Å². The molecule has 0 N–H and O–H groups in total. The van der Waals surface area contributed by atoms with Gasteiger partial charge in [-0.15, -0.1) is 16.4 Å². The first-order valence-corrected chi connectivity index (χ1v) is 8.45. The molecule has 0 atom stereocenters. The maximum Gasteiger partial charge on any atom is 0.135 e. The van der Waals surface area contributed by atoms with E-state index in [0.29, 0.717) is 6.67 Å². The third-order valence-electron chi connectivity index (χ3n) is 3.08. The zero-order valence-electron chi connectivity index (χ0n) is 11.4. The molecule has 0 fully saturated rings. The van der Waals surface area contributed by atoms with E-state index in [1.165, 1.54) is 5.56 Å². The van der Waals surface area contributed by atoms with Gasteiger partial charge in [0.25, 0.3) is 0 Å². The molecule has 0 unspecified atom stereocenters. The predicted molar refractivity (Wildman–Crippen MR) is 91.8 cm³/mol. The first-order chi connectivity index (χ1) is 10.1. The maximum absolute atomic E-state index is 5.51. The Hall–Kier alpha value is -1.15. The molecule has 108 valence electrons. The molecule has 3 aromatic rings. The van der Waals surface area contributed by atoms with Gasteiger partial charge < -0.3 is 0 Å². The third kappa shape index (κ3) is 3.37. The van der Waals surface area contributed by atoms with Gasteiger partial charge in [0.15, 0.2) is 0 Å². The summed E-state index contributed by atoms with van der Waals surface area (Å²) in [7, 11) is 2.05. The second kappa shape index (κ2) is 6.31. The van der Waals surface area contributed by atoms with Crippen LogP contribution in [0.1, 0.15) is 5.56 Å². The van der Waals surface area contributed by atoms with Crippen LogP contribution in [0.5, 0.6) is 0 Å². The number of aromatic nitrogens is 3. The lowest BCUT2D eigenvalue weighted by Gasteiger charge is -2.17. The van der Waals surface area contributed by atoms with Gasteiger partial charge in [-0.25, -0.2) is 4.68 Å². The summed E-state index contributed by atoms with van der Waals surface area (Å²) >= 11 is 10.7. The molecule has 0 saturated heterocycles. The summed E-state index contributed by atoms with van der Waals surface area (Å²) in [5.74, 6) is 0. The first kappa shape index (κ1) is 14.8. The van der Waals surface area contributed by atoms with Gasteiger partial charge in [-0.1, -0.05) is 29.6 Å². The molecule has 2 heterocycles. The minimum atomic E-state index is 0.615. The largest absolute Gasteiger partial charge is 0.283 e. The molecule has 7 heteroatoms. The Morgan fingerprint density at radius 3 is 2.95 bits per heavy atom. The molecule has 0 bridgehead atoms. The molecule has 0 aliphatic carbocycles. The molecule has 1 aromatic carbocycles. The lowest BCUT2D eigenvalue weighted by Crippen LogP contribution is -2.24. The number of benzene rings is 1. The minimum Gasteiger partial charge on any atom is -0.283 e. The molecule has 0 saturated carbocycles. The van der Waals surface area contributed by atoms with Crippen molar-refractivity contribution in [3.05, 3.63) is 49.7 Å². The second-order valence-corrected chi connectivity index (χ2v) is 7.50. The lowest BCUT2D eigenvalue weighted by atomic mass is 10.2. The van der Waals surface area contributed by atoms with E-state index in [9.17, 15) is 0 Å². The Bertz CT molecular complexity index is 827. The van der Waals surface area contributed by atoms with Crippen molar-refractivity contribution >= 4 is 50.4 Å². The highest BCUT2D eigenvalue weighted by Gasteiger charge is 2.06. The van der Waals surface area contributed by atoms with E-state index in [2.05, 4.69) is 42.6 Å². The number of rotatable bonds is 4. The van der Waals surface area contributed by atoms with Gasteiger partial charge in [-0.2, -0.15) is 0 Å². The van der Waals surface area contributed by atoms with Crippen LogP contribution in [0.15, 0.2) is 39.5 Å². The maximum atomic E-state index is 5.51. The third-order valence-corrected chi connectivity index (χ3v) is 5.06. The van der Waals surface area contributed by atoms with Crippen molar-refractivity contribution in [2.24, 2.45) is 0 Å². The fraction of sp³-hybridized carbons (Fsp3) is 0.214. The zero-order chi connectivity index (χ0) is 14.8. The number of hydrogen-bond donors (Lipinski definition) is 0. The topological polar surface area (TPSA) is 34.0 Å². The summed E-state index contributed by atoms with van der Waals surface area (Å²) in [6.07, 6.45) is 0. The highest BCUT2D eigenvalue weighted by Crippen LogP contribution is 2.21. The molecular weight excluding hydrogens is 368 g/mol. The molecule has 2 aromatic heterocycles. The Morgan fingerprint density at radius 1 is 1.38 bits per heavy atom. The van der Waals surface area contributed by atoms with Crippen LogP contribution >= 0.6 is 39.5 Å². The molecule has 4 nitrogen and oxygen atoms in total. The molecule has 0 amide bonds. The van der Waals surface area contributed by atoms with Gasteiger partial charge in [-0.3, -0.25) is 4.90 Å². The quantitative estimate of drug-likeness (QED) is 0.638. The highest BCUT2D eigenvalue weighted by molar-refractivity contribution is 9.11. The highest BCUT2D eigenvalue weighted by atomic mass is 79.9. The first-order valence-electron chi connectivity index (χ1n) is 6.37. The van der Waals surface area contributed by atoms with Crippen LogP contribution in [0.25, 0.3) is 10.9 Å². The van der Waals surface area contributed by atoms with Crippen LogP contribution in [0.4, 0.5) is 0 Å². The van der Waals surface area contributed by atoms with Crippen LogP contribution in [-0.2, 0) is 13.2 Å². The average molecular weight is 381 g/mol. The zero-order valence-corrected chi connectivity index (χ0v) is 14.6. The van der Waals surface area contributed by atoms with Crippen LogP contribution in [0, 0.1) is 4.64 Å². The number of hydrogen-bond acceptors (Lipinski definition) is 5. The summed E-state index contributed by atoms with van der Waals surface area (Å²) in [6.45, 7) is 1.46. The van der Waals surface area contributed by atoms with Crippen molar-refractivity contribution in [1.82, 2.24) is 19.9 Å². The van der Waals surface area contributed by atoms with Crippen LogP contribution in [0.2, 0.25) is 0 Å². The van der Waals surface area contributed by atoms with Crippen LogP contribution in [0.3, 0.4) is 0 Å². The molecule has 21 heavy (non-hydrogen) atoms. The summed E-state index contributed by atoms with van der Waals surface area (Å²) in [5.41, 5.74) is 2.11. The van der Waals surface area contributed by atoms with Gasteiger partial charge in [0.05, 0.1) is 16.0 Å². The normalized spacial score (nSPS) is 11.4. The van der Waals surface area contributed by atoms with E-state index in [-0.39, 0.29) is 0 Å². The smallest absolute Gasteiger partial charge is 0.135 e. The van der Waals surface area contributed by atoms with E-state index in [4.69, 9.17) is 12.2 Å². The summed E-state index contributed by atoms with van der Waals surface area (Å²) < 4.78 is 3.63. The minimum absolute atomic E-state index is 0.615. The van der Waals surface area contributed by atoms with Gasteiger partial charge in [-0.05, 0) is 52.1 Å². The SMILES string of the molecule is CN(Cc1csc(Br)c1)Cn1nnc2ccccc2c1=S. The molecule has 3 rings (SSSR count). The summed E-state index contributed by atoms with van der Waals surface area (Å²) in [4.78, 5) is 2.16. The number of thiophene rings is 1. The average Bonchev–Trinajstić information content (AvgIpc) is 2.87. The monoisotopic (exact) mass is 380 g/mol. The lowest BCUT2D eigenvalue weighted by molar-refractivity contribution is 0.239. The number of nitrogens with zero attached hydrogens (tertiary/aromatic N) is 4. The van der Waals surface area contributed by atoms with E-state index >= 15 is 0 Å². The molecule has 0 aliphatic heterocycles. The fourth-order valence-corrected chi connectivity index (χ4v) is 3.60. The molecular formula is C14H13BrN4S2. The van der Waals surface area contributed by atoms with Gasteiger partial charge in [0.1, 0.15) is 4.64 Å². The fourth-order valence-electron chi connectivity index (χ4n) is 2.14. The van der Waals surface area contributed by atoms with E-state index in [1.807, 2.05) is 31.3 Å².